The molecule has 0 unspecified atom stereocenters. The number of nitrogens with zero attached hydrogens (tertiary/aromatic N) is 3. The van der Waals surface area contributed by atoms with Crippen molar-refractivity contribution in [3.63, 3.8) is 0 Å². The second-order valence-corrected chi connectivity index (χ2v) is 10.2. The molecule has 42 heavy (non-hydrogen) atoms. The Balaban J connectivity index is 1.22. The number of aromatic nitrogens is 3. The highest BCUT2D eigenvalue weighted by molar-refractivity contribution is 5.76. The molecule has 0 radical (unpaired) electrons. The quantitative estimate of drug-likeness (QED) is 0.212. The van der Waals surface area contributed by atoms with Crippen LogP contribution in [-0.2, 0) is 0 Å². The lowest BCUT2D eigenvalue weighted by atomic mass is 9.99. The molecule has 0 aliphatic heterocycles. The van der Waals surface area contributed by atoms with Crippen LogP contribution in [0.1, 0.15) is 0 Å². The minimum Gasteiger partial charge on any atom is -0.264 e. The molecular formula is C39H27N3. The second-order valence-electron chi connectivity index (χ2n) is 10.2. The maximum atomic E-state index is 5.03. The zero-order chi connectivity index (χ0) is 28.1. The molecule has 0 saturated carbocycles. The van der Waals surface area contributed by atoms with Gasteiger partial charge in [0.25, 0.3) is 0 Å². The van der Waals surface area contributed by atoms with E-state index in [1.165, 1.54) is 16.7 Å². The van der Waals surface area contributed by atoms with Crippen LogP contribution in [0.5, 0.6) is 0 Å². The maximum absolute atomic E-state index is 5.03. The van der Waals surface area contributed by atoms with E-state index in [4.69, 9.17) is 9.97 Å². The van der Waals surface area contributed by atoms with E-state index in [-0.39, 0.29) is 0 Å². The second kappa shape index (κ2) is 11.4. The van der Waals surface area contributed by atoms with Gasteiger partial charge in [0.1, 0.15) is 0 Å². The molecule has 0 bridgehead atoms. The molecule has 0 saturated heterocycles. The average Bonchev–Trinajstić information content (AvgIpc) is 3.09. The average molecular weight is 538 g/mol. The fraction of sp³-hybridized carbons (Fsp3) is 0. The van der Waals surface area contributed by atoms with Crippen LogP contribution in [0.25, 0.3) is 67.3 Å². The Kier molecular flexibility index (Phi) is 6.89. The van der Waals surface area contributed by atoms with Crippen molar-refractivity contribution in [1.82, 2.24) is 15.0 Å². The summed E-state index contributed by atoms with van der Waals surface area (Å²) in [7, 11) is 0. The molecule has 0 atom stereocenters. The summed E-state index contributed by atoms with van der Waals surface area (Å²) < 4.78 is 0. The Hall–Kier alpha value is -5.67. The molecule has 3 heteroatoms. The topological polar surface area (TPSA) is 38.7 Å². The summed E-state index contributed by atoms with van der Waals surface area (Å²) >= 11 is 0. The van der Waals surface area contributed by atoms with E-state index < -0.39 is 0 Å². The highest BCUT2D eigenvalue weighted by Gasteiger charge is 2.11. The Morgan fingerprint density at radius 3 is 1.19 bits per heavy atom. The fourth-order valence-electron chi connectivity index (χ4n) is 5.15. The first-order chi connectivity index (χ1) is 20.8. The molecule has 0 spiro atoms. The van der Waals surface area contributed by atoms with Crippen LogP contribution >= 0.6 is 0 Å². The molecule has 0 aliphatic rings. The molecule has 7 aromatic rings. The first-order valence-electron chi connectivity index (χ1n) is 14.0. The predicted octanol–water partition coefficient (Wildman–Crippen LogP) is 9.87. The normalized spacial score (nSPS) is 10.9. The number of benzene rings is 5. The number of pyridine rings is 1. The Bertz CT molecular complexity index is 1920. The molecule has 0 aliphatic carbocycles. The van der Waals surface area contributed by atoms with Gasteiger partial charge in [0.2, 0.25) is 0 Å². The Morgan fingerprint density at radius 2 is 0.690 bits per heavy atom. The van der Waals surface area contributed by atoms with Gasteiger partial charge in [-0.05, 0) is 45.5 Å². The smallest absolute Gasteiger partial charge is 0.160 e. The summed E-state index contributed by atoms with van der Waals surface area (Å²) in [5.41, 5.74) is 11.8. The van der Waals surface area contributed by atoms with Crippen molar-refractivity contribution >= 4 is 0 Å². The van der Waals surface area contributed by atoms with E-state index in [0.29, 0.717) is 5.82 Å². The Labute approximate surface area is 245 Å². The number of hydrogen-bond donors (Lipinski definition) is 0. The van der Waals surface area contributed by atoms with E-state index in [0.717, 1.165) is 44.8 Å². The summed E-state index contributed by atoms with van der Waals surface area (Å²) in [6.45, 7) is 0. The molecule has 0 amide bonds. The SMILES string of the molecule is c1ccc(-c2ccc(-c3nc(-c4ccccc4)cc(-c4ccc(-c5ccc(-c6cccnc6)cc5)cc4)n3)cc2)cc1. The van der Waals surface area contributed by atoms with Crippen molar-refractivity contribution in [2.45, 2.75) is 0 Å². The van der Waals surface area contributed by atoms with Gasteiger partial charge in [-0.25, -0.2) is 9.97 Å². The lowest BCUT2D eigenvalue weighted by Crippen LogP contribution is -1.96. The highest BCUT2D eigenvalue weighted by atomic mass is 14.9. The molecule has 2 heterocycles. The van der Waals surface area contributed by atoms with Gasteiger partial charge in [-0.15, -0.1) is 0 Å². The van der Waals surface area contributed by atoms with E-state index >= 15 is 0 Å². The van der Waals surface area contributed by atoms with Gasteiger partial charge in [-0.3, -0.25) is 4.98 Å². The van der Waals surface area contributed by atoms with Crippen molar-refractivity contribution in [1.29, 1.82) is 0 Å². The number of rotatable bonds is 6. The van der Waals surface area contributed by atoms with Crippen LogP contribution in [-0.4, -0.2) is 15.0 Å². The third kappa shape index (κ3) is 5.36. The van der Waals surface area contributed by atoms with Crippen LogP contribution in [0, 0.1) is 0 Å². The van der Waals surface area contributed by atoms with Crippen LogP contribution in [0.3, 0.4) is 0 Å². The lowest BCUT2D eigenvalue weighted by Gasteiger charge is -2.11. The van der Waals surface area contributed by atoms with Crippen LogP contribution in [0.15, 0.2) is 164 Å². The van der Waals surface area contributed by atoms with Crippen molar-refractivity contribution in [2.24, 2.45) is 0 Å². The summed E-state index contributed by atoms with van der Waals surface area (Å²) in [6.07, 6.45) is 3.69. The molecule has 7 rings (SSSR count). The monoisotopic (exact) mass is 537 g/mol. The maximum Gasteiger partial charge on any atom is 0.160 e. The third-order valence-corrected chi connectivity index (χ3v) is 7.44. The molecule has 5 aromatic carbocycles. The highest BCUT2D eigenvalue weighted by Crippen LogP contribution is 2.31. The predicted molar refractivity (Wildman–Crippen MR) is 172 cm³/mol. The van der Waals surface area contributed by atoms with Gasteiger partial charge in [0.15, 0.2) is 5.82 Å². The van der Waals surface area contributed by atoms with Gasteiger partial charge < -0.3 is 0 Å². The van der Waals surface area contributed by atoms with Crippen LogP contribution in [0.4, 0.5) is 0 Å². The lowest BCUT2D eigenvalue weighted by molar-refractivity contribution is 1.18. The Morgan fingerprint density at radius 1 is 0.310 bits per heavy atom. The molecule has 3 nitrogen and oxygen atoms in total. The number of hydrogen-bond acceptors (Lipinski definition) is 3. The molecular weight excluding hydrogens is 510 g/mol. The molecule has 0 fully saturated rings. The van der Waals surface area contributed by atoms with Gasteiger partial charge >= 0.3 is 0 Å². The zero-order valence-electron chi connectivity index (χ0n) is 22.9. The summed E-state index contributed by atoms with van der Waals surface area (Å²) in [5.74, 6) is 0.709. The fourth-order valence-corrected chi connectivity index (χ4v) is 5.15. The summed E-state index contributed by atoms with van der Waals surface area (Å²) in [5, 5.41) is 0. The zero-order valence-corrected chi connectivity index (χ0v) is 22.9. The molecule has 198 valence electrons. The molecule has 2 aromatic heterocycles. The van der Waals surface area contributed by atoms with Crippen molar-refractivity contribution in [3.8, 4) is 67.3 Å². The standard InChI is InChI=1S/C39H27N3/c1-3-8-28(9-4-1)29-19-23-35(24-20-29)39-41-37(33-10-5-2-6-11-33)26-38(42-39)34-21-17-31(18-22-34)30-13-15-32(16-14-30)36-12-7-25-40-27-36/h1-27H. The van der Waals surface area contributed by atoms with E-state index in [2.05, 4.69) is 126 Å². The van der Waals surface area contributed by atoms with Gasteiger partial charge in [0.05, 0.1) is 11.4 Å². The minimum atomic E-state index is 0.709. The first kappa shape index (κ1) is 25.3. The summed E-state index contributed by atoms with van der Waals surface area (Å²) in [4.78, 5) is 14.3. The van der Waals surface area contributed by atoms with Crippen LogP contribution in [0.2, 0.25) is 0 Å². The third-order valence-electron chi connectivity index (χ3n) is 7.44. The van der Waals surface area contributed by atoms with Gasteiger partial charge in [-0.1, -0.05) is 140 Å². The minimum absolute atomic E-state index is 0.709. The van der Waals surface area contributed by atoms with Crippen molar-refractivity contribution in [2.75, 3.05) is 0 Å². The van der Waals surface area contributed by atoms with Crippen molar-refractivity contribution in [3.05, 3.63) is 164 Å². The first-order valence-corrected chi connectivity index (χ1v) is 14.0. The largest absolute Gasteiger partial charge is 0.264 e. The van der Waals surface area contributed by atoms with Gasteiger partial charge in [-0.2, -0.15) is 0 Å². The van der Waals surface area contributed by atoms with E-state index in [1.807, 2.05) is 36.5 Å². The molecule has 0 N–H and O–H groups in total. The summed E-state index contributed by atoms with van der Waals surface area (Å²) in [6, 6.07) is 52.5. The van der Waals surface area contributed by atoms with Crippen molar-refractivity contribution < 1.29 is 0 Å². The van der Waals surface area contributed by atoms with E-state index in [9.17, 15) is 0 Å². The van der Waals surface area contributed by atoms with E-state index in [1.54, 1.807) is 6.20 Å². The van der Waals surface area contributed by atoms with Crippen LogP contribution < -0.4 is 0 Å². The van der Waals surface area contributed by atoms with Gasteiger partial charge in [0, 0.05) is 29.1 Å².